The van der Waals surface area contributed by atoms with Crippen LogP contribution in [-0.2, 0) is 0 Å². The quantitative estimate of drug-likeness (QED) is 0.817. The van der Waals surface area contributed by atoms with Crippen molar-refractivity contribution in [3.05, 3.63) is 59.1 Å². The van der Waals surface area contributed by atoms with E-state index in [0.29, 0.717) is 28.1 Å². The predicted molar refractivity (Wildman–Crippen MR) is 114 cm³/mol. The van der Waals surface area contributed by atoms with Crippen molar-refractivity contribution >= 4 is 29.9 Å². The van der Waals surface area contributed by atoms with E-state index in [9.17, 15) is 4.79 Å². The third-order valence-electron chi connectivity index (χ3n) is 5.25. The zero-order valence-electron chi connectivity index (χ0n) is 15.6. The van der Waals surface area contributed by atoms with E-state index in [1.54, 1.807) is 12.1 Å². The topological polar surface area (TPSA) is 44.8 Å². The molecule has 0 aromatic heterocycles. The first-order valence-corrected chi connectivity index (χ1v) is 9.84. The standard InChI is InChI=1S/C21H24ClN3O2.ClH/c22-17-4-6-19(7-5-17)27-20-3-1-2-16(14-20)21(26)25-11-8-18(15-25)24-12-9-23-10-13-24;/h1-7,14,18,23H,8-13,15H2;1H. The van der Waals surface area contributed by atoms with Crippen LogP contribution in [0.1, 0.15) is 16.8 Å². The van der Waals surface area contributed by atoms with E-state index in [2.05, 4.69) is 10.2 Å². The Hall–Kier alpha value is -1.79. The molecule has 0 saturated carbocycles. The van der Waals surface area contributed by atoms with Crippen LogP contribution in [0, 0.1) is 0 Å². The highest BCUT2D eigenvalue weighted by molar-refractivity contribution is 6.30. The molecule has 1 N–H and O–H groups in total. The van der Waals surface area contributed by atoms with Gasteiger partial charge in [-0.25, -0.2) is 0 Å². The van der Waals surface area contributed by atoms with Crippen LogP contribution in [0.25, 0.3) is 0 Å². The first kappa shape index (κ1) is 20.9. The maximum atomic E-state index is 12.9. The van der Waals surface area contributed by atoms with Gasteiger partial charge in [-0.3, -0.25) is 9.69 Å². The van der Waals surface area contributed by atoms with E-state index in [-0.39, 0.29) is 18.3 Å². The van der Waals surface area contributed by atoms with E-state index in [0.717, 1.165) is 45.7 Å². The van der Waals surface area contributed by atoms with Crippen molar-refractivity contribution in [1.29, 1.82) is 0 Å². The number of carbonyl (C=O) groups excluding carboxylic acids is 1. The molecule has 2 fully saturated rings. The Kier molecular flexibility index (Phi) is 7.18. The summed E-state index contributed by atoms with van der Waals surface area (Å²) in [5.41, 5.74) is 0.669. The summed E-state index contributed by atoms with van der Waals surface area (Å²) >= 11 is 5.91. The average Bonchev–Trinajstić information content (AvgIpc) is 3.20. The molecule has 0 radical (unpaired) electrons. The Morgan fingerprint density at radius 2 is 1.79 bits per heavy atom. The maximum absolute atomic E-state index is 12.9. The average molecular weight is 422 g/mol. The summed E-state index contributed by atoms with van der Waals surface area (Å²) in [5, 5.41) is 4.05. The molecule has 0 aliphatic carbocycles. The monoisotopic (exact) mass is 421 g/mol. The Morgan fingerprint density at radius 1 is 1.04 bits per heavy atom. The van der Waals surface area contributed by atoms with Gasteiger partial charge in [0, 0.05) is 55.9 Å². The molecule has 4 rings (SSSR count). The van der Waals surface area contributed by atoms with E-state index in [1.165, 1.54) is 0 Å². The first-order chi connectivity index (χ1) is 13.2. The summed E-state index contributed by atoms with van der Waals surface area (Å²) in [6, 6.07) is 15.1. The molecular formula is C21H25Cl2N3O2. The van der Waals surface area contributed by atoms with Crippen molar-refractivity contribution in [2.75, 3.05) is 39.3 Å². The lowest BCUT2D eigenvalue weighted by Gasteiger charge is -2.32. The molecule has 0 bridgehead atoms. The largest absolute Gasteiger partial charge is 0.457 e. The SMILES string of the molecule is Cl.O=C(c1cccc(Oc2ccc(Cl)cc2)c1)N1CCC(N2CCNCC2)C1. The van der Waals surface area contributed by atoms with Crippen LogP contribution in [-0.4, -0.2) is 61.0 Å². The molecular weight excluding hydrogens is 397 g/mol. The Bertz CT molecular complexity index is 794. The van der Waals surface area contributed by atoms with Gasteiger partial charge in [0.15, 0.2) is 0 Å². The molecule has 28 heavy (non-hydrogen) atoms. The van der Waals surface area contributed by atoms with Crippen molar-refractivity contribution in [2.45, 2.75) is 12.5 Å². The van der Waals surface area contributed by atoms with Gasteiger partial charge in [-0.05, 0) is 48.9 Å². The third kappa shape index (κ3) is 4.97. The molecule has 2 aliphatic heterocycles. The molecule has 5 nitrogen and oxygen atoms in total. The summed E-state index contributed by atoms with van der Waals surface area (Å²) in [5.74, 6) is 1.43. The minimum Gasteiger partial charge on any atom is -0.457 e. The molecule has 0 spiro atoms. The molecule has 7 heteroatoms. The maximum Gasteiger partial charge on any atom is 0.254 e. The number of amides is 1. The fourth-order valence-electron chi connectivity index (χ4n) is 3.79. The molecule has 150 valence electrons. The number of piperazine rings is 1. The van der Waals surface area contributed by atoms with Crippen LogP contribution in [0.3, 0.4) is 0 Å². The van der Waals surface area contributed by atoms with Gasteiger partial charge in [0.05, 0.1) is 0 Å². The molecule has 2 aromatic rings. The first-order valence-electron chi connectivity index (χ1n) is 9.46. The summed E-state index contributed by atoms with van der Waals surface area (Å²) in [4.78, 5) is 17.4. The van der Waals surface area contributed by atoms with Crippen LogP contribution in [0.5, 0.6) is 11.5 Å². The zero-order chi connectivity index (χ0) is 18.6. The van der Waals surface area contributed by atoms with Crippen LogP contribution >= 0.6 is 24.0 Å². The second-order valence-corrected chi connectivity index (χ2v) is 7.50. The second kappa shape index (κ2) is 9.61. The number of likely N-dealkylation sites (tertiary alicyclic amines) is 1. The summed E-state index contributed by atoms with van der Waals surface area (Å²) in [7, 11) is 0. The fourth-order valence-corrected chi connectivity index (χ4v) is 3.91. The normalized spacial score (nSPS) is 19.9. The van der Waals surface area contributed by atoms with Gasteiger partial charge in [-0.1, -0.05) is 17.7 Å². The number of carbonyl (C=O) groups is 1. The van der Waals surface area contributed by atoms with Crippen molar-refractivity contribution in [3.63, 3.8) is 0 Å². The molecule has 1 atom stereocenters. The minimum atomic E-state index is 0. The van der Waals surface area contributed by atoms with Gasteiger partial charge < -0.3 is 15.0 Å². The van der Waals surface area contributed by atoms with Gasteiger partial charge in [-0.2, -0.15) is 0 Å². The van der Waals surface area contributed by atoms with E-state index in [4.69, 9.17) is 16.3 Å². The minimum absolute atomic E-state index is 0. The van der Waals surface area contributed by atoms with Gasteiger partial charge in [0.25, 0.3) is 5.91 Å². The number of halogens is 2. The number of nitrogens with zero attached hydrogens (tertiary/aromatic N) is 2. The van der Waals surface area contributed by atoms with Crippen LogP contribution < -0.4 is 10.1 Å². The Labute approximate surface area is 177 Å². The van der Waals surface area contributed by atoms with Crippen LogP contribution in [0.15, 0.2) is 48.5 Å². The van der Waals surface area contributed by atoms with Gasteiger partial charge in [0.1, 0.15) is 11.5 Å². The smallest absolute Gasteiger partial charge is 0.254 e. The molecule has 2 saturated heterocycles. The molecule has 1 unspecified atom stereocenters. The van der Waals surface area contributed by atoms with Crippen LogP contribution in [0.4, 0.5) is 0 Å². The number of nitrogens with one attached hydrogen (secondary N) is 1. The predicted octanol–water partition coefficient (Wildman–Crippen LogP) is 3.67. The lowest BCUT2D eigenvalue weighted by Crippen LogP contribution is -2.49. The van der Waals surface area contributed by atoms with Crippen molar-refractivity contribution in [2.24, 2.45) is 0 Å². The Morgan fingerprint density at radius 3 is 2.54 bits per heavy atom. The van der Waals surface area contributed by atoms with E-state index in [1.807, 2.05) is 41.3 Å². The van der Waals surface area contributed by atoms with E-state index < -0.39 is 0 Å². The fraction of sp³-hybridized carbons (Fsp3) is 0.381. The highest BCUT2D eigenvalue weighted by atomic mass is 35.5. The van der Waals surface area contributed by atoms with E-state index >= 15 is 0 Å². The van der Waals surface area contributed by atoms with Gasteiger partial charge in [-0.15, -0.1) is 12.4 Å². The lowest BCUT2D eigenvalue weighted by molar-refractivity contribution is 0.0773. The molecule has 2 aromatic carbocycles. The van der Waals surface area contributed by atoms with Crippen molar-refractivity contribution in [3.8, 4) is 11.5 Å². The summed E-state index contributed by atoms with van der Waals surface area (Å²) in [6.07, 6.45) is 1.05. The number of benzene rings is 2. The lowest BCUT2D eigenvalue weighted by atomic mass is 10.2. The zero-order valence-corrected chi connectivity index (χ0v) is 17.2. The summed E-state index contributed by atoms with van der Waals surface area (Å²) in [6.45, 7) is 5.83. The van der Waals surface area contributed by atoms with Gasteiger partial charge >= 0.3 is 0 Å². The van der Waals surface area contributed by atoms with Crippen LogP contribution in [0.2, 0.25) is 5.02 Å². The van der Waals surface area contributed by atoms with Gasteiger partial charge in [0.2, 0.25) is 0 Å². The summed E-state index contributed by atoms with van der Waals surface area (Å²) < 4.78 is 5.86. The molecule has 2 aliphatic rings. The molecule has 1 amide bonds. The highest BCUT2D eigenvalue weighted by Crippen LogP contribution is 2.25. The third-order valence-corrected chi connectivity index (χ3v) is 5.50. The number of hydrogen-bond acceptors (Lipinski definition) is 4. The van der Waals surface area contributed by atoms with Crippen molar-refractivity contribution < 1.29 is 9.53 Å². The number of rotatable bonds is 4. The number of hydrogen-bond donors (Lipinski definition) is 1. The van der Waals surface area contributed by atoms with Crippen molar-refractivity contribution in [1.82, 2.24) is 15.1 Å². The highest BCUT2D eigenvalue weighted by Gasteiger charge is 2.31. The molecule has 2 heterocycles. The second-order valence-electron chi connectivity index (χ2n) is 7.06. The Balaban J connectivity index is 0.00000225. The number of ether oxygens (including phenoxy) is 1.